The van der Waals surface area contributed by atoms with Crippen LogP contribution in [0.5, 0.6) is 0 Å². The van der Waals surface area contributed by atoms with Crippen LogP contribution in [-0.4, -0.2) is 51.5 Å². The maximum atomic E-state index is 12.1. The van der Waals surface area contributed by atoms with Gasteiger partial charge in [0.2, 0.25) is 17.7 Å². The van der Waals surface area contributed by atoms with Gasteiger partial charge in [0, 0.05) is 33.4 Å². The largest absolute Gasteiger partial charge is 0.481 e. The van der Waals surface area contributed by atoms with Gasteiger partial charge in [-0.05, 0) is 12.8 Å². The normalized spacial score (nSPS) is 16.4. The van der Waals surface area contributed by atoms with Crippen molar-refractivity contribution in [3.8, 4) is 0 Å². The fourth-order valence-electron chi connectivity index (χ4n) is 3.42. The maximum Gasteiger partial charge on any atom is 0.305 e. The molecule has 27 heavy (non-hydrogen) atoms. The molecule has 2 N–H and O–H groups in total. The van der Waals surface area contributed by atoms with Crippen LogP contribution in [0.3, 0.4) is 0 Å². The Kier molecular flexibility index (Phi) is 7.32. The number of carbonyl (C=O) groups excluding carboxylic acids is 2. The summed E-state index contributed by atoms with van der Waals surface area (Å²) in [7, 11) is 1.57. The van der Waals surface area contributed by atoms with E-state index in [-0.39, 0.29) is 37.6 Å². The summed E-state index contributed by atoms with van der Waals surface area (Å²) in [5.74, 6) is -0.427. The van der Waals surface area contributed by atoms with Crippen molar-refractivity contribution < 1.29 is 24.0 Å². The second-order valence-corrected chi connectivity index (χ2v) is 7.15. The maximum absolute atomic E-state index is 12.1. The molecule has 1 saturated carbocycles. The van der Waals surface area contributed by atoms with E-state index in [4.69, 9.17) is 9.63 Å². The smallest absolute Gasteiger partial charge is 0.305 e. The lowest BCUT2D eigenvalue weighted by Crippen LogP contribution is -2.45. The van der Waals surface area contributed by atoms with Crippen LogP contribution in [0.25, 0.3) is 0 Å². The monoisotopic (exact) mass is 380 g/mol. The Morgan fingerprint density at radius 2 is 1.85 bits per heavy atom. The molecule has 0 aliphatic heterocycles. The lowest BCUT2D eigenvalue weighted by molar-refractivity contribution is -0.138. The van der Waals surface area contributed by atoms with Gasteiger partial charge in [-0.1, -0.05) is 30.8 Å². The first kappa shape index (κ1) is 20.9. The minimum Gasteiger partial charge on any atom is -0.481 e. The molecule has 1 aliphatic carbocycles. The van der Waals surface area contributed by atoms with Gasteiger partial charge in [-0.2, -0.15) is 4.98 Å². The van der Waals surface area contributed by atoms with Crippen molar-refractivity contribution in [3.05, 3.63) is 11.7 Å². The van der Waals surface area contributed by atoms with Crippen molar-refractivity contribution >= 4 is 17.8 Å². The lowest BCUT2D eigenvalue weighted by atomic mass is 9.89. The van der Waals surface area contributed by atoms with Gasteiger partial charge < -0.3 is 19.8 Å². The number of aromatic nitrogens is 2. The minimum absolute atomic E-state index is 0.0911. The van der Waals surface area contributed by atoms with Crippen molar-refractivity contribution in [2.75, 3.05) is 13.6 Å². The highest BCUT2D eigenvalue weighted by molar-refractivity contribution is 5.77. The van der Waals surface area contributed by atoms with E-state index in [2.05, 4.69) is 15.5 Å². The first-order valence-electron chi connectivity index (χ1n) is 9.40. The summed E-state index contributed by atoms with van der Waals surface area (Å²) in [6.45, 7) is 1.65. The van der Waals surface area contributed by atoms with Crippen LogP contribution in [0.1, 0.15) is 70.0 Å². The highest BCUT2D eigenvalue weighted by atomic mass is 16.5. The summed E-state index contributed by atoms with van der Waals surface area (Å²) in [5, 5.41) is 15.8. The number of carboxylic acids is 1. The van der Waals surface area contributed by atoms with Crippen LogP contribution in [0.15, 0.2) is 4.52 Å². The van der Waals surface area contributed by atoms with Gasteiger partial charge >= 0.3 is 5.97 Å². The molecule has 150 valence electrons. The SMILES string of the molecule is CC(=O)NC1(c2noc(CCC(=O)N(C)CCC(=O)O)n2)CCCCCC1. The summed E-state index contributed by atoms with van der Waals surface area (Å²) in [5.41, 5.74) is -0.605. The van der Waals surface area contributed by atoms with E-state index < -0.39 is 11.5 Å². The van der Waals surface area contributed by atoms with E-state index in [1.165, 1.54) is 11.8 Å². The third-order valence-electron chi connectivity index (χ3n) is 4.91. The number of hydrogen-bond donors (Lipinski definition) is 2. The van der Waals surface area contributed by atoms with Crippen molar-refractivity contribution in [2.24, 2.45) is 0 Å². The highest BCUT2D eigenvalue weighted by Gasteiger charge is 2.38. The van der Waals surface area contributed by atoms with Crippen LogP contribution in [0.4, 0.5) is 0 Å². The Balaban J connectivity index is 2.00. The number of aliphatic carboxylic acids is 1. The van der Waals surface area contributed by atoms with Crippen LogP contribution in [-0.2, 0) is 26.3 Å². The zero-order valence-corrected chi connectivity index (χ0v) is 16.0. The first-order valence-corrected chi connectivity index (χ1v) is 9.40. The Morgan fingerprint density at radius 3 is 2.44 bits per heavy atom. The molecule has 1 fully saturated rings. The van der Waals surface area contributed by atoms with Gasteiger partial charge in [0.1, 0.15) is 5.54 Å². The lowest BCUT2D eigenvalue weighted by Gasteiger charge is -2.30. The Labute approximate surface area is 158 Å². The second-order valence-electron chi connectivity index (χ2n) is 7.15. The van der Waals surface area contributed by atoms with Gasteiger partial charge in [-0.3, -0.25) is 14.4 Å². The third-order valence-corrected chi connectivity index (χ3v) is 4.91. The molecule has 1 aromatic rings. The Hall–Kier alpha value is -2.45. The molecule has 1 aliphatic rings. The van der Waals surface area contributed by atoms with Crippen LogP contribution in [0, 0.1) is 0 Å². The number of carbonyl (C=O) groups is 3. The first-order chi connectivity index (χ1) is 12.8. The van der Waals surface area contributed by atoms with E-state index >= 15 is 0 Å². The number of nitrogens with one attached hydrogen (secondary N) is 1. The van der Waals surface area contributed by atoms with E-state index in [0.29, 0.717) is 11.7 Å². The fraction of sp³-hybridized carbons (Fsp3) is 0.722. The molecule has 0 atom stereocenters. The quantitative estimate of drug-likeness (QED) is 0.656. The number of hydrogen-bond acceptors (Lipinski definition) is 6. The van der Waals surface area contributed by atoms with Crippen molar-refractivity contribution in [3.63, 3.8) is 0 Å². The number of carboxylic acid groups (broad SMARTS) is 1. The summed E-state index contributed by atoms with van der Waals surface area (Å²) < 4.78 is 5.32. The fourth-order valence-corrected chi connectivity index (χ4v) is 3.42. The van der Waals surface area contributed by atoms with Gasteiger partial charge in [0.15, 0.2) is 5.82 Å². The topological polar surface area (TPSA) is 126 Å². The summed E-state index contributed by atoms with van der Waals surface area (Å²) in [6.07, 6.45) is 6.07. The molecule has 9 nitrogen and oxygen atoms in total. The summed E-state index contributed by atoms with van der Waals surface area (Å²) in [6, 6.07) is 0. The molecular formula is C18H28N4O5. The number of nitrogens with zero attached hydrogens (tertiary/aromatic N) is 3. The molecule has 2 rings (SSSR count). The molecule has 0 radical (unpaired) electrons. The molecule has 2 amide bonds. The van der Waals surface area contributed by atoms with Crippen LogP contribution < -0.4 is 5.32 Å². The van der Waals surface area contributed by atoms with Gasteiger partial charge in [0.05, 0.1) is 6.42 Å². The predicted molar refractivity (Wildman–Crippen MR) is 95.7 cm³/mol. The number of aryl methyl sites for hydroxylation is 1. The number of amides is 2. The van der Waals surface area contributed by atoms with E-state index in [1.807, 2.05) is 0 Å². The Morgan fingerprint density at radius 1 is 1.19 bits per heavy atom. The van der Waals surface area contributed by atoms with Crippen LogP contribution >= 0.6 is 0 Å². The molecule has 0 saturated heterocycles. The summed E-state index contributed by atoms with van der Waals surface area (Å²) in [4.78, 5) is 40.2. The highest BCUT2D eigenvalue weighted by Crippen LogP contribution is 2.34. The van der Waals surface area contributed by atoms with Gasteiger partial charge in [-0.15, -0.1) is 0 Å². The summed E-state index contributed by atoms with van der Waals surface area (Å²) >= 11 is 0. The minimum atomic E-state index is -0.942. The zero-order valence-electron chi connectivity index (χ0n) is 16.0. The molecule has 0 unspecified atom stereocenters. The average molecular weight is 380 g/mol. The van der Waals surface area contributed by atoms with E-state index in [1.54, 1.807) is 7.05 Å². The molecule has 9 heteroatoms. The van der Waals surface area contributed by atoms with Crippen molar-refractivity contribution in [2.45, 2.75) is 70.3 Å². The standard InChI is InChI=1S/C18H28N4O5/c1-13(23)20-18(10-5-3-4-6-11-18)17-19-14(27-21-17)7-8-15(24)22(2)12-9-16(25)26/h3-12H2,1-2H3,(H,20,23)(H,25,26). The van der Waals surface area contributed by atoms with E-state index in [9.17, 15) is 14.4 Å². The van der Waals surface area contributed by atoms with Crippen LogP contribution in [0.2, 0.25) is 0 Å². The average Bonchev–Trinajstić information content (AvgIpc) is 2.97. The molecule has 0 aromatic carbocycles. The number of rotatable bonds is 8. The molecule has 0 bridgehead atoms. The van der Waals surface area contributed by atoms with Gasteiger partial charge in [0.25, 0.3) is 0 Å². The van der Waals surface area contributed by atoms with E-state index in [0.717, 1.165) is 38.5 Å². The second kappa shape index (κ2) is 9.48. The molecular weight excluding hydrogens is 352 g/mol. The zero-order chi connectivity index (χ0) is 19.9. The Bertz CT molecular complexity index is 664. The third kappa shape index (κ3) is 6.04. The predicted octanol–water partition coefficient (Wildman–Crippen LogP) is 1.62. The molecule has 1 heterocycles. The van der Waals surface area contributed by atoms with Crippen molar-refractivity contribution in [1.82, 2.24) is 20.4 Å². The van der Waals surface area contributed by atoms with Crippen molar-refractivity contribution in [1.29, 1.82) is 0 Å². The van der Waals surface area contributed by atoms with Gasteiger partial charge in [-0.25, -0.2) is 0 Å². The molecule has 0 spiro atoms. The molecule has 1 aromatic heterocycles.